The molecule has 3 aromatic rings. The van der Waals surface area contributed by atoms with Gasteiger partial charge in [-0.25, -0.2) is 22.7 Å². The van der Waals surface area contributed by atoms with E-state index in [4.69, 9.17) is 11.6 Å². The van der Waals surface area contributed by atoms with Gasteiger partial charge in [0.25, 0.3) is 0 Å². The molecule has 1 aromatic carbocycles. The van der Waals surface area contributed by atoms with Gasteiger partial charge in [0, 0.05) is 30.9 Å². The maximum atomic E-state index is 12.9. The van der Waals surface area contributed by atoms with E-state index in [-0.39, 0.29) is 11.7 Å². The minimum Gasteiger partial charge on any atom is -0.313 e. The molecule has 0 amide bonds. The van der Waals surface area contributed by atoms with Gasteiger partial charge < -0.3 is 4.57 Å². The van der Waals surface area contributed by atoms with E-state index in [1.807, 2.05) is 19.1 Å². The van der Waals surface area contributed by atoms with Crippen molar-refractivity contribution < 1.29 is 8.42 Å². The minimum atomic E-state index is -3.36. The third-order valence-electron chi connectivity index (χ3n) is 5.27. The smallest absolute Gasteiger partial charge is 0.218 e. The van der Waals surface area contributed by atoms with Gasteiger partial charge in [-0.2, -0.15) is 0 Å². The summed E-state index contributed by atoms with van der Waals surface area (Å²) in [7, 11) is -3.36. The SMILES string of the molecule is Cc1nc2cccnc2n1CC1CCCN(S(=O)(=O)Cc2ccc(Cl)cc2)C1. The van der Waals surface area contributed by atoms with Crippen LogP contribution < -0.4 is 0 Å². The van der Waals surface area contributed by atoms with Crippen LogP contribution >= 0.6 is 11.6 Å². The van der Waals surface area contributed by atoms with Crippen molar-refractivity contribution in [3.63, 3.8) is 0 Å². The van der Waals surface area contributed by atoms with Gasteiger partial charge in [0.1, 0.15) is 11.3 Å². The lowest BCUT2D eigenvalue weighted by Gasteiger charge is -2.32. The number of nitrogens with zero attached hydrogens (tertiary/aromatic N) is 4. The number of imidazole rings is 1. The molecule has 0 spiro atoms. The van der Waals surface area contributed by atoms with Crippen molar-refractivity contribution in [1.29, 1.82) is 0 Å². The number of halogens is 1. The third kappa shape index (κ3) is 4.06. The molecule has 8 heteroatoms. The zero-order valence-electron chi connectivity index (χ0n) is 15.8. The maximum Gasteiger partial charge on any atom is 0.218 e. The second-order valence-corrected chi connectivity index (χ2v) is 9.77. The van der Waals surface area contributed by atoms with Gasteiger partial charge >= 0.3 is 0 Å². The Hall–Kier alpha value is -1.96. The van der Waals surface area contributed by atoms with E-state index in [1.165, 1.54) is 0 Å². The lowest BCUT2D eigenvalue weighted by molar-refractivity contribution is 0.245. The topological polar surface area (TPSA) is 68.1 Å². The predicted octanol–water partition coefficient (Wildman–Crippen LogP) is 3.64. The summed E-state index contributed by atoms with van der Waals surface area (Å²) < 4.78 is 29.6. The van der Waals surface area contributed by atoms with E-state index < -0.39 is 10.0 Å². The van der Waals surface area contributed by atoms with Crippen LogP contribution in [0.2, 0.25) is 5.02 Å². The number of sulfonamides is 1. The molecule has 148 valence electrons. The van der Waals surface area contributed by atoms with Crippen molar-refractivity contribution >= 4 is 32.8 Å². The van der Waals surface area contributed by atoms with Crippen molar-refractivity contribution in [2.75, 3.05) is 13.1 Å². The molecule has 4 rings (SSSR count). The molecular formula is C20H23ClN4O2S. The maximum absolute atomic E-state index is 12.9. The number of aromatic nitrogens is 3. The monoisotopic (exact) mass is 418 g/mol. The highest BCUT2D eigenvalue weighted by atomic mass is 35.5. The van der Waals surface area contributed by atoms with Gasteiger partial charge in [-0.05, 0) is 55.5 Å². The zero-order chi connectivity index (χ0) is 19.7. The zero-order valence-corrected chi connectivity index (χ0v) is 17.3. The summed E-state index contributed by atoms with van der Waals surface area (Å²) in [5, 5.41) is 0.607. The van der Waals surface area contributed by atoms with Crippen LogP contribution in [0.15, 0.2) is 42.6 Å². The van der Waals surface area contributed by atoms with Crippen LogP contribution in [-0.4, -0.2) is 40.3 Å². The fraction of sp³-hybridized carbons (Fsp3) is 0.400. The van der Waals surface area contributed by atoms with Crippen LogP contribution in [0.25, 0.3) is 11.2 Å². The van der Waals surface area contributed by atoms with E-state index in [0.717, 1.165) is 41.9 Å². The van der Waals surface area contributed by atoms with Crippen LogP contribution in [0.4, 0.5) is 0 Å². The van der Waals surface area contributed by atoms with Gasteiger partial charge in [-0.15, -0.1) is 0 Å². The van der Waals surface area contributed by atoms with E-state index >= 15 is 0 Å². The first-order chi connectivity index (χ1) is 13.4. The van der Waals surface area contributed by atoms with Crippen molar-refractivity contribution in [1.82, 2.24) is 18.8 Å². The lowest BCUT2D eigenvalue weighted by atomic mass is 9.99. The fourth-order valence-electron chi connectivity index (χ4n) is 3.86. The lowest BCUT2D eigenvalue weighted by Crippen LogP contribution is -2.41. The molecule has 0 radical (unpaired) electrons. The molecule has 3 heterocycles. The Labute approximate surface area is 170 Å². The summed E-state index contributed by atoms with van der Waals surface area (Å²) in [6.45, 7) is 3.81. The molecule has 1 atom stereocenters. The van der Waals surface area contributed by atoms with Gasteiger partial charge in [-0.1, -0.05) is 23.7 Å². The largest absolute Gasteiger partial charge is 0.313 e. The summed E-state index contributed by atoms with van der Waals surface area (Å²) in [6, 6.07) is 10.8. The van der Waals surface area contributed by atoms with Crippen molar-refractivity contribution in [3.05, 3.63) is 59.0 Å². The number of fused-ring (bicyclic) bond motifs is 1. The Kier molecular flexibility index (Phi) is 5.40. The summed E-state index contributed by atoms with van der Waals surface area (Å²) in [5.41, 5.74) is 2.50. The van der Waals surface area contributed by atoms with Gasteiger partial charge in [-0.3, -0.25) is 0 Å². The third-order valence-corrected chi connectivity index (χ3v) is 7.34. The molecule has 1 aliphatic heterocycles. The Bertz CT molecular complexity index is 1080. The number of aryl methyl sites for hydroxylation is 1. The highest BCUT2D eigenvalue weighted by Crippen LogP contribution is 2.25. The first-order valence-corrected chi connectivity index (χ1v) is 11.4. The van der Waals surface area contributed by atoms with Crippen LogP contribution in [0.1, 0.15) is 24.2 Å². The number of benzene rings is 1. The summed E-state index contributed by atoms with van der Waals surface area (Å²) in [6.07, 6.45) is 3.63. The Morgan fingerprint density at radius 3 is 2.79 bits per heavy atom. The van der Waals surface area contributed by atoms with Crippen molar-refractivity contribution in [3.8, 4) is 0 Å². The number of hydrogen-bond acceptors (Lipinski definition) is 4. The molecule has 0 saturated carbocycles. The molecule has 1 unspecified atom stereocenters. The number of piperidine rings is 1. The molecular weight excluding hydrogens is 396 g/mol. The fourth-order valence-corrected chi connectivity index (χ4v) is 5.63. The Morgan fingerprint density at radius 1 is 1.21 bits per heavy atom. The molecule has 1 aliphatic rings. The number of hydrogen-bond donors (Lipinski definition) is 0. The van der Waals surface area contributed by atoms with Crippen LogP contribution in [0, 0.1) is 12.8 Å². The van der Waals surface area contributed by atoms with Crippen molar-refractivity contribution in [2.45, 2.75) is 32.1 Å². The molecule has 1 saturated heterocycles. The summed E-state index contributed by atoms with van der Waals surface area (Å²) >= 11 is 5.90. The molecule has 0 bridgehead atoms. The van der Waals surface area contributed by atoms with Crippen LogP contribution in [-0.2, 0) is 22.3 Å². The van der Waals surface area contributed by atoms with E-state index in [1.54, 1.807) is 34.8 Å². The van der Waals surface area contributed by atoms with Gasteiger partial charge in [0.15, 0.2) is 5.65 Å². The van der Waals surface area contributed by atoms with E-state index in [2.05, 4.69) is 14.5 Å². The van der Waals surface area contributed by atoms with E-state index in [9.17, 15) is 8.42 Å². The summed E-state index contributed by atoms with van der Waals surface area (Å²) in [4.78, 5) is 9.02. The molecule has 0 N–H and O–H groups in total. The normalized spacial score (nSPS) is 18.6. The average molecular weight is 419 g/mol. The number of pyridine rings is 1. The van der Waals surface area contributed by atoms with Crippen LogP contribution in [0.5, 0.6) is 0 Å². The quantitative estimate of drug-likeness (QED) is 0.634. The van der Waals surface area contributed by atoms with E-state index in [0.29, 0.717) is 18.1 Å². The minimum absolute atomic E-state index is 0.00543. The van der Waals surface area contributed by atoms with Crippen molar-refractivity contribution in [2.24, 2.45) is 5.92 Å². The Balaban J connectivity index is 1.49. The number of rotatable bonds is 5. The molecule has 1 fully saturated rings. The van der Waals surface area contributed by atoms with Gasteiger partial charge in [0.2, 0.25) is 10.0 Å². The first kappa shape index (κ1) is 19.4. The molecule has 28 heavy (non-hydrogen) atoms. The molecule has 2 aromatic heterocycles. The standard InChI is InChI=1S/C20H23ClN4O2S/c1-15-23-19-5-2-10-22-20(19)25(15)13-17-4-3-11-24(12-17)28(26,27)14-16-6-8-18(21)9-7-16/h2,5-10,17H,3-4,11-14H2,1H3. The second-order valence-electron chi connectivity index (χ2n) is 7.36. The van der Waals surface area contributed by atoms with Crippen LogP contribution in [0.3, 0.4) is 0 Å². The molecule has 6 nitrogen and oxygen atoms in total. The van der Waals surface area contributed by atoms with Gasteiger partial charge in [0.05, 0.1) is 5.75 Å². The second kappa shape index (κ2) is 7.81. The highest BCUT2D eigenvalue weighted by molar-refractivity contribution is 7.88. The Morgan fingerprint density at radius 2 is 2.00 bits per heavy atom. The highest BCUT2D eigenvalue weighted by Gasteiger charge is 2.29. The molecule has 0 aliphatic carbocycles. The summed E-state index contributed by atoms with van der Waals surface area (Å²) in [5.74, 6) is 1.16. The first-order valence-electron chi connectivity index (χ1n) is 9.42. The average Bonchev–Trinajstić information content (AvgIpc) is 2.99. The predicted molar refractivity (Wildman–Crippen MR) is 111 cm³/mol.